The quantitative estimate of drug-likeness (QED) is 0.667. The number of piperidine rings is 1. The van der Waals surface area contributed by atoms with Gasteiger partial charge in [-0.2, -0.15) is 0 Å². The van der Waals surface area contributed by atoms with Gasteiger partial charge in [0.1, 0.15) is 0 Å². The van der Waals surface area contributed by atoms with Gasteiger partial charge in [-0.3, -0.25) is 14.6 Å². The first-order valence-corrected chi connectivity index (χ1v) is 6.56. The minimum atomic E-state index is 0.208. The SMILES string of the molecule is O=c1c2c([nH]n1CC1CCNCC1)CNCC2. The number of hydrogen-bond donors (Lipinski definition) is 3. The Hall–Kier alpha value is -1.07. The molecule has 0 atom stereocenters. The molecule has 5 nitrogen and oxygen atoms in total. The van der Waals surface area contributed by atoms with Crippen molar-refractivity contribution in [2.45, 2.75) is 32.4 Å². The smallest absolute Gasteiger partial charge is 0.270 e. The van der Waals surface area contributed by atoms with Crippen LogP contribution in [0, 0.1) is 5.92 Å². The van der Waals surface area contributed by atoms with Crippen LogP contribution in [0.4, 0.5) is 0 Å². The Labute approximate surface area is 101 Å². The molecule has 0 aliphatic carbocycles. The average molecular weight is 236 g/mol. The van der Waals surface area contributed by atoms with E-state index in [0.717, 1.165) is 50.4 Å². The van der Waals surface area contributed by atoms with Crippen LogP contribution in [-0.2, 0) is 19.5 Å². The molecule has 0 radical (unpaired) electrons. The van der Waals surface area contributed by atoms with Crippen LogP contribution in [0.1, 0.15) is 24.1 Å². The van der Waals surface area contributed by atoms with Crippen molar-refractivity contribution >= 4 is 0 Å². The van der Waals surface area contributed by atoms with Crippen LogP contribution in [-0.4, -0.2) is 29.4 Å². The number of nitrogens with zero attached hydrogens (tertiary/aromatic N) is 1. The van der Waals surface area contributed by atoms with Gasteiger partial charge in [0, 0.05) is 18.7 Å². The topological polar surface area (TPSA) is 61.9 Å². The Kier molecular flexibility index (Phi) is 3.03. The van der Waals surface area contributed by atoms with Crippen molar-refractivity contribution < 1.29 is 0 Å². The van der Waals surface area contributed by atoms with Gasteiger partial charge in [0.15, 0.2) is 0 Å². The summed E-state index contributed by atoms with van der Waals surface area (Å²) in [5.41, 5.74) is 2.30. The molecule has 94 valence electrons. The lowest BCUT2D eigenvalue weighted by Crippen LogP contribution is -2.32. The van der Waals surface area contributed by atoms with Gasteiger partial charge in [-0.05, 0) is 44.8 Å². The summed E-state index contributed by atoms with van der Waals surface area (Å²) in [6.45, 7) is 4.76. The van der Waals surface area contributed by atoms with E-state index in [0.29, 0.717) is 5.92 Å². The van der Waals surface area contributed by atoms with E-state index in [1.54, 1.807) is 0 Å². The number of hydrogen-bond acceptors (Lipinski definition) is 3. The fraction of sp³-hybridized carbons (Fsp3) is 0.750. The van der Waals surface area contributed by atoms with Gasteiger partial charge in [0.05, 0.1) is 5.69 Å². The molecule has 3 heterocycles. The first kappa shape index (κ1) is 11.0. The highest BCUT2D eigenvalue weighted by Crippen LogP contribution is 2.14. The number of aromatic nitrogens is 2. The van der Waals surface area contributed by atoms with Crippen LogP contribution in [0.3, 0.4) is 0 Å². The molecule has 0 spiro atoms. The molecule has 3 N–H and O–H groups in total. The fourth-order valence-electron chi connectivity index (χ4n) is 2.86. The van der Waals surface area contributed by atoms with Crippen LogP contribution >= 0.6 is 0 Å². The van der Waals surface area contributed by atoms with E-state index in [2.05, 4.69) is 15.7 Å². The lowest BCUT2D eigenvalue weighted by Gasteiger charge is -2.22. The average Bonchev–Trinajstić information content (AvgIpc) is 2.68. The first-order valence-electron chi connectivity index (χ1n) is 6.56. The Morgan fingerprint density at radius 2 is 2.00 bits per heavy atom. The Morgan fingerprint density at radius 1 is 1.18 bits per heavy atom. The predicted octanol–water partition coefficient (Wildman–Crippen LogP) is -0.178. The normalized spacial score (nSPS) is 21.4. The van der Waals surface area contributed by atoms with Crippen molar-refractivity contribution in [2.24, 2.45) is 5.92 Å². The van der Waals surface area contributed by atoms with Gasteiger partial charge < -0.3 is 10.6 Å². The van der Waals surface area contributed by atoms with Gasteiger partial charge in [-0.1, -0.05) is 0 Å². The zero-order valence-electron chi connectivity index (χ0n) is 10.1. The fourth-order valence-corrected chi connectivity index (χ4v) is 2.86. The zero-order chi connectivity index (χ0) is 11.7. The molecule has 0 unspecified atom stereocenters. The van der Waals surface area contributed by atoms with E-state index < -0.39 is 0 Å². The third-order valence-corrected chi connectivity index (χ3v) is 3.89. The molecular weight excluding hydrogens is 216 g/mol. The lowest BCUT2D eigenvalue weighted by atomic mass is 9.98. The summed E-state index contributed by atoms with van der Waals surface area (Å²) in [6, 6.07) is 0. The molecule has 0 saturated carbocycles. The molecule has 2 aliphatic heterocycles. The van der Waals surface area contributed by atoms with Crippen molar-refractivity contribution in [3.8, 4) is 0 Å². The predicted molar refractivity (Wildman–Crippen MR) is 66.1 cm³/mol. The highest BCUT2D eigenvalue weighted by molar-refractivity contribution is 5.20. The summed E-state index contributed by atoms with van der Waals surface area (Å²) in [5.74, 6) is 0.641. The molecule has 1 aromatic rings. The standard InChI is InChI=1S/C12H20N4O/c17-12-10-3-6-14-7-11(10)15-16(12)8-9-1-4-13-5-2-9/h9,13-15H,1-8H2. The second-order valence-corrected chi connectivity index (χ2v) is 5.10. The number of fused-ring (bicyclic) bond motifs is 1. The largest absolute Gasteiger partial charge is 0.317 e. The minimum Gasteiger partial charge on any atom is -0.317 e. The Morgan fingerprint density at radius 3 is 2.76 bits per heavy atom. The van der Waals surface area contributed by atoms with Gasteiger partial charge >= 0.3 is 0 Å². The molecule has 17 heavy (non-hydrogen) atoms. The van der Waals surface area contributed by atoms with Crippen molar-refractivity contribution in [2.75, 3.05) is 19.6 Å². The van der Waals surface area contributed by atoms with E-state index in [9.17, 15) is 4.79 Å². The molecule has 0 bridgehead atoms. The molecule has 2 aliphatic rings. The summed E-state index contributed by atoms with van der Waals surface area (Å²) in [4.78, 5) is 12.2. The van der Waals surface area contributed by atoms with Gasteiger partial charge in [-0.15, -0.1) is 0 Å². The Bertz CT molecular complexity index is 442. The van der Waals surface area contributed by atoms with Crippen LogP contribution < -0.4 is 16.2 Å². The zero-order valence-corrected chi connectivity index (χ0v) is 10.1. The van der Waals surface area contributed by atoms with E-state index in [-0.39, 0.29) is 5.56 Å². The van der Waals surface area contributed by atoms with Crippen molar-refractivity contribution in [3.05, 3.63) is 21.6 Å². The molecule has 0 amide bonds. The lowest BCUT2D eigenvalue weighted by molar-refractivity contribution is 0.317. The molecule has 1 saturated heterocycles. The van der Waals surface area contributed by atoms with E-state index in [1.807, 2.05) is 4.68 Å². The van der Waals surface area contributed by atoms with Crippen LogP contribution in [0.15, 0.2) is 4.79 Å². The molecular formula is C12H20N4O. The maximum atomic E-state index is 12.2. The number of aromatic amines is 1. The van der Waals surface area contributed by atoms with Crippen molar-refractivity contribution in [3.63, 3.8) is 0 Å². The van der Waals surface area contributed by atoms with Crippen LogP contribution in [0.25, 0.3) is 0 Å². The van der Waals surface area contributed by atoms with E-state index >= 15 is 0 Å². The maximum absolute atomic E-state index is 12.2. The van der Waals surface area contributed by atoms with E-state index in [4.69, 9.17) is 0 Å². The second-order valence-electron chi connectivity index (χ2n) is 5.10. The van der Waals surface area contributed by atoms with Gasteiger partial charge in [0.2, 0.25) is 0 Å². The monoisotopic (exact) mass is 236 g/mol. The summed E-state index contributed by atoms with van der Waals surface area (Å²) < 4.78 is 1.83. The second kappa shape index (κ2) is 4.66. The molecule has 1 aromatic heterocycles. The van der Waals surface area contributed by atoms with Crippen molar-refractivity contribution in [1.82, 2.24) is 20.4 Å². The van der Waals surface area contributed by atoms with E-state index in [1.165, 1.54) is 12.8 Å². The maximum Gasteiger partial charge on any atom is 0.270 e. The van der Waals surface area contributed by atoms with Crippen LogP contribution in [0.2, 0.25) is 0 Å². The molecule has 3 rings (SSSR count). The van der Waals surface area contributed by atoms with Gasteiger partial charge in [-0.25, -0.2) is 0 Å². The number of H-pyrrole nitrogens is 1. The Balaban J connectivity index is 1.78. The minimum absolute atomic E-state index is 0.208. The third-order valence-electron chi connectivity index (χ3n) is 3.89. The summed E-state index contributed by atoms with van der Waals surface area (Å²) in [7, 11) is 0. The molecule has 5 heteroatoms. The summed E-state index contributed by atoms with van der Waals surface area (Å²) >= 11 is 0. The highest BCUT2D eigenvalue weighted by atomic mass is 16.1. The highest BCUT2D eigenvalue weighted by Gasteiger charge is 2.20. The summed E-state index contributed by atoms with van der Waals surface area (Å²) in [6.07, 6.45) is 3.21. The summed E-state index contributed by atoms with van der Waals surface area (Å²) in [5, 5.41) is 9.92. The number of nitrogens with one attached hydrogen (secondary N) is 3. The van der Waals surface area contributed by atoms with Gasteiger partial charge in [0.25, 0.3) is 5.56 Å². The van der Waals surface area contributed by atoms with Crippen LogP contribution in [0.5, 0.6) is 0 Å². The first-order chi connectivity index (χ1) is 8.34. The third kappa shape index (κ3) is 2.17. The van der Waals surface area contributed by atoms with Crippen molar-refractivity contribution in [1.29, 1.82) is 0 Å². The number of rotatable bonds is 2. The molecule has 1 fully saturated rings. The molecule has 0 aromatic carbocycles.